The second-order valence-electron chi connectivity index (χ2n) is 2.92. The van der Waals surface area contributed by atoms with Gasteiger partial charge in [0.15, 0.2) is 6.61 Å². The molecule has 6 nitrogen and oxygen atoms in total. The second kappa shape index (κ2) is 4.42. The van der Waals surface area contributed by atoms with Crippen LogP contribution >= 0.6 is 0 Å². The lowest BCUT2D eigenvalue weighted by Crippen LogP contribution is -2.37. The summed E-state index contributed by atoms with van der Waals surface area (Å²) in [7, 11) is 0. The monoisotopic (exact) mass is 185 g/mol. The summed E-state index contributed by atoms with van der Waals surface area (Å²) in [5.41, 5.74) is 5.50. The molecule has 0 bridgehead atoms. The molecule has 0 unspecified atom stereocenters. The fraction of sp³-hybridized carbons (Fsp3) is 0.571. The number of hydrogen-bond acceptors (Lipinski definition) is 4. The first-order valence-corrected chi connectivity index (χ1v) is 3.52. The largest absolute Gasteiger partial charge is 0.368 e. The summed E-state index contributed by atoms with van der Waals surface area (Å²) >= 11 is 0. The van der Waals surface area contributed by atoms with Crippen LogP contribution in [0.4, 0.5) is 0 Å². The maximum Gasteiger partial charge on any atom is 0.263 e. The van der Waals surface area contributed by atoms with Gasteiger partial charge < -0.3 is 5.73 Å². The molecule has 0 spiro atoms. The van der Waals surface area contributed by atoms with Gasteiger partial charge in [-0.3, -0.25) is 14.4 Å². The first-order valence-electron chi connectivity index (χ1n) is 3.52. The van der Waals surface area contributed by atoms with Gasteiger partial charge in [-0.25, -0.2) is 5.48 Å². The van der Waals surface area contributed by atoms with Gasteiger partial charge in [-0.15, -0.1) is 0 Å². The standard InChI is InChI=1S/C7H11N3O3/c1-7(2,4-8)6(12)10-13-3-5(9)11/h3H2,1-2H3,(H2,9,11)(H,10,12). The number of carbonyl (C=O) groups excluding carboxylic acids is 2. The van der Waals surface area contributed by atoms with Crippen LogP contribution in [0.3, 0.4) is 0 Å². The van der Waals surface area contributed by atoms with E-state index in [-0.39, 0.29) is 0 Å². The highest BCUT2D eigenvalue weighted by molar-refractivity contribution is 5.83. The number of hydrogen-bond donors (Lipinski definition) is 2. The number of hydroxylamine groups is 1. The molecule has 0 aliphatic rings. The summed E-state index contributed by atoms with van der Waals surface area (Å²) in [5, 5.41) is 8.51. The second-order valence-corrected chi connectivity index (χ2v) is 2.92. The van der Waals surface area contributed by atoms with Gasteiger partial charge in [0, 0.05) is 0 Å². The highest BCUT2D eigenvalue weighted by atomic mass is 16.7. The maximum atomic E-state index is 11.1. The Bertz CT molecular complexity index is 254. The number of rotatable bonds is 4. The lowest BCUT2D eigenvalue weighted by molar-refractivity contribution is -0.142. The fourth-order valence-electron chi connectivity index (χ4n) is 0.351. The van der Waals surface area contributed by atoms with Crippen LogP contribution in [0, 0.1) is 16.7 Å². The van der Waals surface area contributed by atoms with Crippen LogP contribution < -0.4 is 11.2 Å². The van der Waals surface area contributed by atoms with Gasteiger partial charge in [-0.2, -0.15) is 5.26 Å². The Morgan fingerprint density at radius 3 is 2.54 bits per heavy atom. The van der Waals surface area contributed by atoms with E-state index in [1.54, 1.807) is 6.07 Å². The Labute approximate surface area is 75.6 Å². The number of carbonyl (C=O) groups is 2. The van der Waals surface area contributed by atoms with E-state index in [1.807, 2.05) is 5.48 Å². The van der Waals surface area contributed by atoms with Crippen LogP contribution in [-0.2, 0) is 14.4 Å². The molecule has 6 heteroatoms. The molecule has 0 aromatic heterocycles. The summed E-state index contributed by atoms with van der Waals surface area (Å²) in [6, 6.07) is 1.77. The lowest BCUT2D eigenvalue weighted by Gasteiger charge is -2.13. The van der Waals surface area contributed by atoms with E-state index < -0.39 is 23.8 Å². The van der Waals surface area contributed by atoms with Crippen LogP contribution in [0.1, 0.15) is 13.8 Å². The van der Waals surface area contributed by atoms with Crippen molar-refractivity contribution < 1.29 is 14.4 Å². The van der Waals surface area contributed by atoms with Crippen LogP contribution in [0.15, 0.2) is 0 Å². The van der Waals surface area contributed by atoms with Crippen molar-refractivity contribution in [1.29, 1.82) is 5.26 Å². The zero-order valence-corrected chi connectivity index (χ0v) is 7.46. The van der Waals surface area contributed by atoms with E-state index in [0.29, 0.717) is 0 Å². The molecule has 0 heterocycles. The normalized spacial score (nSPS) is 10.2. The molecule has 0 aromatic carbocycles. The molecule has 3 N–H and O–H groups in total. The highest BCUT2D eigenvalue weighted by Crippen LogP contribution is 2.12. The van der Waals surface area contributed by atoms with Gasteiger partial charge in [-0.05, 0) is 13.8 Å². The number of nitrogens with two attached hydrogens (primary N) is 1. The number of nitrogens with one attached hydrogen (secondary N) is 1. The molecule has 0 aromatic rings. The molecule has 0 saturated heterocycles. The number of amides is 2. The van der Waals surface area contributed by atoms with Crippen molar-refractivity contribution in [2.75, 3.05) is 6.61 Å². The van der Waals surface area contributed by atoms with E-state index in [9.17, 15) is 9.59 Å². The van der Waals surface area contributed by atoms with Crippen LogP contribution in [0.2, 0.25) is 0 Å². The van der Waals surface area contributed by atoms with E-state index in [2.05, 4.69) is 4.84 Å². The topological polar surface area (TPSA) is 105 Å². The van der Waals surface area contributed by atoms with Crippen molar-refractivity contribution in [3.8, 4) is 6.07 Å². The van der Waals surface area contributed by atoms with Crippen LogP contribution in [-0.4, -0.2) is 18.4 Å². The third kappa shape index (κ3) is 4.08. The SMILES string of the molecule is CC(C)(C#N)C(=O)NOCC(N)=O. The first kappa shape index (κ1) is 11.4. The average molecular weight is 185 g/mol. The van der Waals surface area contributed by atoms with Gasteiger partial charge >= 0.3 is 0 Å². The first-order chi connectivity index (χ1) is 5.90. The Balaban J connectivity index is 3.90. The lowest BCUT2D eigenvalue weighted by atomic mass is 9.95. The van der Waals surface area contributed by atoms with Crippen molar-refractivity contribution in [3.63, 3.8) is 0 Å². The van der Waals surface area contributed by atoms with E-state index in [0.717, 1.165) is 0 Å². The predicted octanol–water partition coefficient (Wildman–Crippen LogP) is -0.931. The van der Waals surface area contributed by atoms with Gasteiger partial charge in [0.1, 0.15) is 5.41 Å². The fourth-order valence-corrected chi connectivity index (χ4v) is 0.351. The molecule has 13 heavy (non-hydrogen) atoms. The minimum Gasteiger partial charge on any atom is -0.368 e. The van der Waals surface area contributed by atoms with Crippen molar-refractivity contribution in [1.82, 2.24) is 5.48 Å². The molecular formula is C7H11N3O3. The maximum absolute atomic E-state index is 11.1. The molecule has 0 aliphatic carbocycles. The van der Waals surface area contributed by atoms with Gasteiger partial charge in [0.25, 0.3) is 5.91 Å². The molecule has 2 amide bonds. The molecule has 0 atom stereocenters. The minimum absolute atomic E-state index is 0.409. The zero-order chi connectivity index (χ0) is 10.5. The predicted molar refractivity (Wildman–Crippen MR) is 42.7 cm³/mol. The Morgan fingerprint density at radius 1 is 1.62 bits per heavy atom. The molecule has 72 valence electrons. The molecule has 0 fully saturated rings. The van der Waals surface area contributed by atoms with Crippen LogP contribution in [0.5, 0.6) is 0 Å². The molecular weight excluding hydrogens is 174 g/mol. The third-order valence-corrected chi connectivity index (χ3v) is 1.23. The number of nitriles is 1. The van der Waals surface area contributed by atoms with Crippen LogP contribution in [0.25, 0.3) is 0 Å². The summed E-state index contributed by atoms with van der Waals surface area (Å²) in [6.07, 6.45) is 0. The van der Waals surface area contributed by atoms with Gasteiger partial charge in [-0.1, -0.05) is 0 Å². The van der Waals surface area contributed by atoms with Crippen molar-refractivity contribution in [3.05, 3.63) is 0 Å². The Kier molecular flexibility index (Phi) is 3.88. The summed E-state index contributed by atoms with van der Waals surface area (Å²) in [6.45, 7) is 2.44. The van der Waals surface area contributed by atoms with Gasteiger partial charge in [0.2, 0.25) is 5.91 Å². The average Bonchev–Trinajstić information content (AvgIpc) is 2.03. The minimum atomic E-state index is -1.18. The van der Waals surface area contributed by atoms with Gasteiger partial charge in [0.05, 0.1) is 6.07 Å². The zero-order valence-electron chi connectivity index (χ0n) is 7.46. The van der Waals surface area contributed by atoms with E-state index in [1.165, 1.54) is 13.8 Å². The summed E-state index contributed by atoms with van der Waals surface area (Å²) < 4.78 is 0. The molecule has 0 aliphatic heterocycles. The molecule has 0 rings (SSSR count). The molecule has 0 radical (unpaired) electrons. The van der Waals surface area contributed by atoms with E-state index >= 15 is 0 Å². The molecule has 0 saturated carbocycles. The third-order valence-electron chi connectivity index (χ3n) is 1.23. The number of primary amides is 1. The Morgan fingerprint density at radius 2 is 2.15 bits per heavy atom. The summed E-state index contributed by atoms with van der Waals surface area (Å²) in [4.78, 5) is 25.7. The highest BCUT2D eigenvalue weighted by Gasteiger charge is 2.27. The summed E-state index contributed by atoms with van der Waals surface area (Å²) in [5.74, 6) is -1.31. The van der Waals surface area contributed by atoms with Crippen molar-refractivity contribution in [2.24, 2.45) is 11.1 Å². The van der Waals surface area contributed by atoms with Crippen molar-refractivity contribution >= 4 is 11.8 Å². The van der Waals surface area contributed by atoms with Crippen molar-refractivity contribution in [2.45, 2.75) is 13.8 Å². The number of nitrogens with zero attached hydrogens (tertiary/aromatic N) is 1. The smallest absolute Gasteiger partial charge is 0.263 e. The Hall–Kier alpha value is -1.61. The van der Waals surface area contributed by atoms with E-state index in [4.69, 9.17) is 11.0 Å². The quantitative estimate of drug-likeness (QED) is 0.552.